The molecule has 0 unspecified atom stereocenters. The van der Waals surface area contributed by atoms with Crippen LogP contribution in [0.25, 0.3) is 0 Å². The highest BCUT2D eigenvalue weighted by Crippen LogP contribution is 2.34. The number of carbonyl (C=O) groups is 1. The standard InChI is InChI=1S/C14H11ClF3N3O/c15-10-7-8(5-6-11(10)19)20-13(22)21-12-4-2-1-3-9(12)14(16,17)18/h1-7H,19H2,(H2,20,21,22). The molecule has 0 fully saturated rings. The zero-order valence-electron chi connectivity index (χ0n) is 11.0. The van der Waals surface area contributed by atoms with E-state index < -0.39 is 17.8 Å². The van der Waals surface area contributed by atoms with Gasteiger partial charge in [-0.2, -0.15) is 13.2 Å². The summed E-state index contributed by atoms with van der Waals surface area (Å²) in [5.41, 5.74) is 4.89. The fourth-order valence-electron chi connectivity index (χ4n) is 1.73. The van der Waals surface area contributed by atoms with Crippen LogP contribution in [0.3, 0.4) is 0 Å². The monoisotopic (exact) mass is 329 g/mol. The number of nitrogens with two attached hydrogens (primary N) is 1. The topological polar surface area (TPSA) is 67.1 Å². The number of carbonyl (C=O) groups excluding carboxylic acids is 1. The second-order valence-corrected chi connectivity index (χ2v) is 4.77. The average molecular weight is 330 g/mol. The molecule has 2 rings (SSSR count). The van der Waals surface area contributed by atoms with Gasteiger partial charge >= 0.3 is 12.2 Å². The predicted molar refractivity (Wildman–Crippen MR) is 79.9 cm³/mol. The van der Waals surface area contributed by atoms with Gasteiger partial charge in [-0.3, -0.25) is 0 Å². The van der Waals surface area contributed by atoms with Crippen LogP contribution >= 0.6 is 11.6 Å². The van der Waals surface area contributed by atoms with Crippen LogP contribution in [-0.2, 0) is 6.18 Å². The number of rotatable bonds is 2. The molecule has 0 saturated heterocycles. The van der Waals surface area contributed by atoms with Gasteiger partial charge in [0.15, 0.2) is 0 Å². The first-order chi connectivity index (χ1) is 10.3. The lowest BCUT2D eigenvalue weighted by atomic mass is 10.1. The Kier molecular flexibility index (Phi) is 4.46. The van der Waals surface area contributed by atoms with Crippen LogP contribution in [0.4, 0.5) is 35.0 Å². The van der Waals surface area contributed by atoms with E-state index in [0.29, 0.717) is 11.4 Å². The van der Waals surface area contributed by atoms with Crippen LogP contribution in [0.2, 0.25) is 5.02 Å². The molecule has 0 heterocycles. The highest BCUT2D eigenvalue weighted by atomic mass is 35.5. The van der Waals surface area contributed by atoms with Crippen molar-refractivity contribution in [3.05, 3.63) is 53.1 Å². The van der Waals surface area contributed by atoms with Gasteiger partial charge in [0, 0.05) is 5.69 Å². The van der Waals surface area contributed by atoms with Crippen LogP contribution < -0.4 is 16.4 Å². The molecule has 0 aliphatic heterocycles. The molecule has 0 atom stereocenters. The van der Waals surface area contributed by atoms with Gasteiger partial charge in [0.2, 0.25) is 0 Å². The molecule has 0 aromatic heterocycles. The quantitative estimate of drug-likeness (QED) is 0.706. The van der Waals surface area contributed by atoms with Crippen LogP contribution in [0, 0.1) is 0 Å². The van der Waals surface area contributed by atoms with Crippen molar-refractivity contribution in [3.63, 3.8) is 0 Å². The molecular weight excluding hydrogens is 319 g/mol. The first-order valence-corrected chi connectivity index (χ1v) is 6.44. The van der Waals surface area contributed by atoms with Crippen molar-refractivity contribution in [2.24, 2.45) is 0 Å². The zero-order chi connectivity index (χ0) is 16.3. The van der Waals surface area contributed by atoms with E-state index in [9.17, 15) is 18.0 Å². The molecular formula is C14H11ClF3N3O. The molecule has 4 nitrogen and oxygen atoms in total. The number of amides is 2. The summed E-state index contributed by atoms with van der Waals surface area (Å²) in [6.07, 6.45) is -4.56. The number of alkyl halides is 3. The predicted octanol–water partition coefficient (Wildman–Crippen LogP) is 4.59. The van der Waals surface area contributed by atoms with E-state index in [1.165, 1.54) is 36.4 Å². The summed E-state index contributed by atoms with van der Waals surface area (Å²) >= 11 is 5.80. The van der Waals surface area contributed by atoms with Crippen LogP contribution in [0.15, 0.2) is 42.5 Å². The first kappa shape index (κ1) is 16.0. The highest BCUT2D eigenvalue weighted by molar-refractivity contribution is 6.33. The lowest BCUT2D eigenvalue weighted by Gasteiger charge is -2.14. The van der Waals surface area contributed by atoms with Crippen molar-refractivity contribution in [3.8, 4) is 0 Å². The number of benzene rings is 2. The molecule has 0 saturated carbocycles. The number of nitrogen functional groups attached to an aromatic ring is 1. The van der Waals surface area contributed by atoms with Gasteiger partial charge in [-0.1, -0.05) is 23.7 Å². The van der Waals surface area contributed by atoms with Crippen molar-refractivity contribution >= 4 is 34.7 Å². The van der Waals surface area contributed by atoms with E-state index in [2.05, 4.69) is 10.6 Å². The zero-order valence-corrected chi connectivity index (χ0v) is 11.8. The second-order valence-electron chi connectivity index (χ2n) is 4.36. The molecule has 2 aromatic rings. The lowest BCUT2D eigenvalue weighted by Crippen LogP contribution is -2.21. The highest BCUT2D eigenvalue weighted by Gasteiger charge is 2.33. The molecule has 2 aromatic carbocycles. The summed E-state index contributed by atoms with van der Waals surface area (Å²) in [6, 6.07) is 8.21. The van der Waals surface area contributed by atoms with Crippen molar-refractivity contribution in [1.82, 2.24) is 0 Å². The number of nitrogens with one attached hydrogen (secondary N) is 2. The van der Waals surface area contributed by atoms with Gasteiger partial charge in [-0.15, -0.1) is 0 Å². The van der Waals surface area contributed by atoms with Gasteiger partial charge in [0.25, 0.3) is 0 Å². The van der Waals surface area contributed by atoms with E-state index in [-0.39, 0.29) is 10.7 Å². The number of halogens is 4. The molecule has 0 spiro atoms. The summed E-state index contributed by atoms with van der Waals surface area (Å²) in [5, 5.41) is 4.77. The van der Waals surface area contributed by atoms with Crippen LogP contribution in [0.5, 0.6) is 0 Å². The van der Waals surface area contributed by atoms with Crippen LogP contribution in [-0.4, -0.2) is 6.03 Å². The Morgan fingerprint density at radius 2 is 1.77 bits per heavy atom. The molecule has 0 aliphatic carbocycles. The SMILES string of the molecule is Nc1ccc(NC(=O)Nc2ccccc2C(F)(F)F)cc1Cl. The molecule has 116 valence electrons. The third kappa shape index (κ3) is 3.82. The average Bonchev–Trinajstić information content (AvgIpc) is 2.42. The fraction of sp³-hybridized carbons (Fsp3) is 0.0714. The second kappa shape index (κ2) is 6.15. The summed E-state index contributed by atoms with van der Waals surface area (Å²) < 4.78 is 38.5. The maximum Gasteiger partial charge on any atom is 0.418 e. The molecule has 2 amide bonds. The summed E-state index contributed by atoms with van der Waals surface area (Å²) in [5.74, 6) is 0. The number of hydrogen-bond acceptors (Lipinski definition) is 2. The van der Waals surface area contributed by atoms with Gasteiger partial charge < -0.3 is 16.4 Å². The number of para-hydroxylation sites is 1. The van der Waals surface area contributed by atoms with Crippen molar-refractivity contribution in [1.29, 1.82) is 0 Å². The van der Waals surface area contributed by atoms with Gasteiger partial charge in [-0.25, -0.2) is 4.79 Å². The Hall–Kier alpha value is -2.41. The van der Waals surface area contributed by atoms with Gasteiger partial charge in [0.05, 0.1) is 22.0 Å². The Morgan fingerprint density at radius 3 is 2.41 bits per heavy atom. The van der Waals surface area contributed by atoms with E-state index >= 15 is 0 Å². The smallest absolute Gasteiger partial charge is 0.398 e. The largest absolute Gasteiger partial charge is 0.418 e. The van der Waals surface area contributed by atoms with E-state index in [0.717, 1.165) is 6.07 Å². The molecule has 4 N–H and O–H groups in total. The minimum atomic E-state index is -4.56. The fourth-order valence-corrected chi connectivity index (χ4v) is 1.91. The van der Waals surface area contributed by atoms with Crippen molar-refractivity contribution < 1.29 is 18.0 Å². The Balaban J connectivity index is 2.14. The van der Waals surface area contributed by atoms with Crippen molar-refractivity contribution in [2.45, 2.75) is 6.18 Å². The third-order valence-electron chi connectivity index (χ3n) is 2.74. The number of anilines is 3. The van der Waals surface area contributed by atoms with E-state index in [1.54, 1.807) is 0 Å². The first-order valence-electron chi connectivity index (χ1n) is 6.06. The minimum Gasteiger partial charge on any atom is -0.398 e. The van der Waals surface area contributed by atoms with Gasteiger partial charge in [0.1, 0.15) is 0 Å². The third-order valence-corrected chi connectivity index (χ3v) is 3.07. The van der Waals surface area contributed by atoms with Crippen LogP contribution in [0.1, 0.15) is 5.56 Å². The summed E-state index contributed by atoms with van der Waals surface area (Å²) in [4.78, 5) is 11.8. The molecule has 0 radical (unpaired) electrons. The molecule has 22 heavy (non-hydrogen) atoms. The molecule has 0 aliphatic rings. The minimum absolute atomic E-state index is 0.230. The number of hydrogen-bond donors (Lipinski definition) is 3. The van der Waals surface area contributed by atoms with Gasteiger partial charge in [-0.05, 0) is 30.3 Å². The molecule has 0 bridgehead atoms. The number of urea groups is 1. The normalized spacial score (nSPS) is 11.1. The Labute approximate surface area is 129 Å². The van der Waals surface area contributed by atoms with Crippen molar-refractivity contribution in [2.75, 3.05) is 16.4 Å². The molecule has 8 heteroatoms. The summed E-state index contributed by atoms with van der Waals surface area (Å²) in [7, 11) is 0. The lowest BCUT2D eigenvalue weighted by molar-refractivity contribution is -0.136. The Morgan fingerprint density at radius 1 is 1.09 bits per heavy atom. The van der Waals surface area contributed by atoms with E-state index in [4.69, 9.17) is 17.3 Å². The summed E-state index contributed by atoms with van der Waals surface area (Å²) in [6.45, 7) is 0. The van der Waals surface area contributed by atoms with E-state index in [1.807, 2.05) is 0 Å². The maximum absolute atomic E-state index is 12.8. The maximum atomic E-state index is 12.8. The Bertz CT molecular complexity index is 704.